The lowest BCUT2D eigenvalue weighted by Crippen LogP contribution is -2.42. The first-order chi connectivity index (χ1) is 8.51. The third kappa shape index (κ3) is 2.85. The highest BCUT2D eigenvalue weighted by Gasteiger charge is 2.36. The molecule has 0 saturated carbocycles. The molecule has 0 amide bonds. The van der Waals surface area contributed by atoms with Crippen LogP contribution in [0.4, 0.5) is 0 Å². The van der Waals surface area contributed by atoms with Gasteiger partial charge in [0.15, 0.2) is 0 Å². The minimum atomic E-state index is -0.681. The molecule has 1 aliphatic heterocycles. The second kappa shape index (κ2) is 5.29. The predicted octanol–water partition coefficient (Wildman–Crippen LogP) is 3.03. The van der Waals surface area contributed by atoms with Crippen molar-refractivity contribution in [1.82, 2.24) is 4.90 Å². The molecule has 1 aromatic rings. The van der Waals surface area contributed by atoms with Crippen LogP contribution in [-0.4, -0.2) is 29.1 Å². The molecule has 18 heavy (non-hydrogen) atoms. The van der Waals surface area contributed by atoms with Gasteiger partial charge in [-0.1, -0.05) is 29.8 Å². The van der Waals surface area contributed by atoms with Gasteiger partial charge in [0.2, 0.25) is 0 Å². The average Bonchev–Trinajstić information content (AvgIpc) is 2.35. The lowest BCUT2D eigenvalue weighted by Gasteiger charge is -2.36. The summed E-state index contributed by atoms with van der Waals surface area (Å²) < 4.78 is 0. The molecule has 1 fully saturated rings. The molecular formula is C14H18ClNO2. The van der Waals surface area contributed by atoms with Crippen LogP contribution in [-0.2, 0) is 11.3 Å². The van der Waals surface area contributed by atoms with E-state index in [1.165, 1.54) is 0 Å². The minimum absolute atomic E-state index is 0.559. The van der Waals surface area contributed by atoms with Gasteiger partial charge < -0.3 is 5.11 Å². The van der Waals surface area contributed by atoms with E-state index in [2.05, 4.69) is 4.90 Å². The number of carboxylic acids is 1. The Bertz CT molecular complexity index is 439. The Kier molecular flexibility index (Phi) is 3.93. The molecule has 0 bridgehead atoms. The zero-order chi connectivity index (χ0) is 13.2. The van der Waals surface area contributed by atoms with E-state index in [1.807, 2.05) is 31.2 Å². The Morgan fingerprint density at radius 3 is 2.56 bits per heavy atom. The number of benzene rings is 1. The molecule has 0 aliphatic carbocycles. The maximum atomic E-state index is 11.2. The fourth-order valence-corrected chi connectivity index (χ4v) is 2.48. The van der Waals surface area contributed by atoms with Crippen molar-refractivity contribution in [3.05, 3.63) is 34.9 Å². The number of nitrogens with zero attached hydrogens (tertiary/aromatic N) is 1. The second-order valence-electron chi connectivity index (χ2n) is 5.23. The zero-order valence-electron chi connectivity index (χ0n) is 10.5. The summed E-state index contributed by atoms with van der Waals surface area (Å²) in [6.45, 7) is 4.26. The maximum Gasteiger partial charge on any atom is 0.309 e. The summed E-state index contributed by atoms with van der Waals surface area (Å²) in [6, 6.07) is 7.81. The van der Waals surface area contributed by atoms with Crippen LogP contribution in [0.2, 0.25) is 5.02 Å². The standard InChI is InChI=1S/C14H18ClNO2/c1-14(13(17)18)6-8-16(9-7-14)10-11-4-2-3-5-12(11)15/h2-5H,6-10H2,1H3,(H,17,18). The molecule has 98 valence electrons. The smallest absolute Gasteiger partial charge is 0.309 e. The van der Waals surface area contributed by atoms with Crippen LogP contribution in [0, 0.1) is 5.41 Å². The lowest BCUT2D eigenvalue weighted by atomic mass is 9.80. The summed E-state index contributed by atoms with van der Waals surface area (Å²) in [7, 11) is 0. The second-order valence-corrected chi connectivity index (χ2v) is 5.64. The lowest BCUT2D eigenvalue weighted by molar-refractivity contribution is -0.150. The highest BCUT2D eigenvalue weighted by Crippen LogP contribution is 2.32. The highest BCUT2D eigenvalue weighted by atomic mass is 35.5. The van der Waals surface area contributed by atoms with Crippen molar-refractivity contribution in [1.29, 1.82) is 0 Å². The van der Waals surface area contributed by atoms with E-state index < -0.39 is 11.4 Å². The summed E-state index contributed by atoms with van der Waals surface area (Å²) in [5.74, 6) is -0.681. The Morgan fingerprint density at radius 2 is 2.00 bits per heavy atom. The van der Waals surface area contributed by atoms with Gasteiger partial charge in [-0.05, 0) is 44.5 Å². The Hall–Kier alpha value is -1.06. The molecule has 0 radical (unpaired) electrons. The molecule has 0 aromatic heterocycles. The first-order valence-corrected chi connectivity index (χ1v) is 6.58. The SMILES string of the molecule is CC1(C(=O)O)CCN(Cc2ccccc2Cl)CC1. The number of carbonyl (C=O) groups is 1. The Labute approximate surface area is 112 Å². The van der Waals surface area contributed by atoms with E-state index in [4.69, 9.17) is 11.6 Å². The summed E-state index contributed by atoms with van der Waals surface area (Å²) in [6.07, 6.45) is 1.40. The van der Waals surface area contributed by atoms with Gasteiger partial charge in [-0.2, -0.15) is 0 Å². The molecule has 0 unspecified atom stereocenters. The van der Waals surface area contributed by atoms with E-state index in [0.29, 0.717) is 12.8 Å². The van der Waals surface area contributed by atoms with Gasteiger partial charge in [0.05, 0.1) is 5.41 Å². The number of rotatable bonds is 3. The van der Waals surface area contributed by atoms with Crippen LogP contribution in [0.3, 0.4) is 0 Å². The first-order valence-electron chi connectivity index (χ1n) is 6.20. The first kappa shape index (κ1) is 13.4. The minimum Gasteiger partial charge on any atom is -0.481 e. The van der Waals surface area contributed by atoms with Crippen molar-refractivity contribution in [2.45, 2.75) is 26.3 Å². The van der Waals surface area contributed by atoms with Crippen molar-refractivity contribution in [2.24, 2.45) is 5.41 Å². The van der Waals surface area contributed by atoms with Gasteiger partial charge in [-0.25, -0.2) is 0 Å². The molecule has 1 N–H and O–H groups in total. The summed E-state index contributed by atoms with van der Waals surface area (Å²) in [5.41, 5.74) is 0.551. The van der Waals surface area contributed by atoms with Crippen molar-refractivity contribution in [2.75, 3.05) is 13.1 Å². The molecule has 1 saturated heterocycles. The van der Waals surface area contributed by atoms with Crippen LogP contribution >= 0.6 is 11.6 Å². The van der Waals surface area contributed by atoms with E-state index in [0.717, 1.165) is 30.2 Å². The normalized spacial score (nSPS) is 19.7. The number of carboxylic acid groups (broad SMARTS) is 1. The van der Waals surface area contributed by atoms with Gasteiger partial charge in [0, 0.05) is 11.6 Å². The van der Waals surface area contributed by atoms with Gasteiger partial charge >= 0.3 is 5.97 Å². The topological polar surface area (TPSA) is 40.5 Å². The van der Waals surface area contributed by atoms with Gasteiger partial charge in [-0.3, -0.25) is 9.69 Å². The summed E-state index contributed by atoms with van der Waals surface area (Å²) in [5, 5.41) is 9.96. The predicted molar refractivity (Wildman–Crippen MR) is 71.7 cm³/mol. The quantitative estimate of drug-likeness (QED) is 0.915. The number of hydrogen-bond acceptors (Lipinski definition) is 2. The van der Waals surface area contributed by atoms with Crippen LogP contribution in [0.5, 0.6) is 0 Å². The van der Waals surface area contributed by atoms with Crippen molar-refractivity contribution in [3.63, 3.8) is 0 Å². The number of piperidine rings is 1. The van der Waals surface area contributed by atoms with Gasteiger partial charge in [0.1, 0.15) is 0 Å². The van der Waals surface area contributed by atoms with E-state index in [-0.39, 0.29) is 0 Å². The number of aliphatic carboxylic acids is 1. The molecule has 4 heteroatoms. The zero-order valence-corrected chi connectivity index (χ0v) is 11.3. The molecule has 1 aliphatic rings. The fourth-order valence-electron chi connectivity index (χ4n) is 2.29. The molecule has 0 spiro atoms. The molecule has 1 aromatic carbocycles. The van der Waals surface area contributed by atoms with Gasteiger partial charge in [0.25, 0.3) is 0 Å². The van der Waals surface area contributed by atoms with Crippen LogP contribution in [0.1, 0.15) is 25.3 Å². The average molecular weight is 268 g/mol. The van der Waals surface area contributed by atoms with E-state index in [1.54, 1.807) is 0 Å². The third-order valence-electron chi connectivity index (χ3n) is 3.83. The largest absolute Gasteiger partial charge is 0.481 e. The number of likely N-dealkylation sites (tertiary alicyclic amines) is 1. The number of hydrogen-bond donors (Lipinski definition) is 1. The van der Waals surface area contributed by atoms with Crippen LogP contribution in [0.25, 0.3) is 0 Å². The molecule has 0 atom stereocenters. The fraction of sp³-hybridized carbons (Fsp3) is 0.500. The molecule has 2 rings (SSSR count). The van der Waals surface area contributed by atoms with Crippen molar-refractivity contribution in [3.8, 4) is 0 Å². The number of halogens is 1. The molecule has 1 heterocycles. The van der Waals surface area contributed by atoms with Gasteiger partial charge in [-0.15, -0.1) is 0 Å². The van der Waals surface area contributed by atoms with Crippen LogP contribution < -0.4 is 0 Å². The van der Waals surface area contributed by atoms with E-state index in [9.17, 15) is 9.90 Å². The molecular weight excluding hydrogens is 250 g/mol. The van der Waals surface area contributed by atoms with E-state index >= 15 is 0 Å². The molecule has 3 nitrogen and oxygen atoms in total. The Balaban J connectivity index is 1.95. The third-order valence-corrected chi connectivity index (χ3v) is 4.20. The maximum absolute atomic E-state index is 11.2. The summed E-state index contributed by atoms with van der Waals surface area (Å²) >= 11 is 6.13. The van der Waals surface area contributed by atoms with Crippen molar-refractivity contribution >= 4 is 17.6 Å². The Morgan fingerprint density at radius 1 is 1.39 bits per heavy atom. The highest BCUT2D eigenvalue weighted by molar-refractivity contribution is 6.31. The summed E-state index contributed by atoms with van der Waals surface area (Å²) in [4.78, 5) is 13.4. The monoisotopic (exact) mass is 267 g/mol. The van der Waals surface area contributed by atoms with Crippen molar-refractivity contribution < 1.29 is 9.90 Å². The van der Waals surface area contributed by atoms with Crippen LogP contribution in [0.15, 0.2) is 24.3 Å².